The first kappa shape index (κ1) is 10.1. The maximum Gasteiger partial charge on any atom is 0.113 e. The van der Waals surface area contributed by atoms with E-state index in [0.717, 1.165) is 0 Å². The molecule has 0 atom stereocenters. The van der Waals surface area contributed by atoms with Gasteiger partial charge in [0.25, 0.3) is 0 Å². The van der Waals surface area contributed by atoms with E-state index in [1.54, 1.807) is 0 Å². The predicted molar refractivity (Wildman–Crippen MR) is 60.8 cm³/mol. The molecule has 78 valence electrons. The first-order valence-electron chi connectivity index (χ1n) is 5.31. The molecule has 0 spiro atoms. The van der Waals surface area contributed by atoms with Gasteiger partial charge in [-0.15, -0.1) is 11.3 Å². The van der Waals surface area contributed by atoms with E-state index in [2.05, 4.69) is 19.2 Å². The molecule has 0 radical (unpaired) electrons. The average molecular weight is 210 g/mol. The molecule has 0 saturated carbocycles. The minimum Gasteiger partial charge on any atom is -0.309 e. The molecular weight excluding hydrogens is 192 g/mol. The van der Waals surface area contributed by atoms with Gasteiger partial charge >= 0.3 is 0 Å². The lowest BCUT2D eigenvalue weighted by Gasteiger charge is -2.20. The Morgan fingerprint density at radius 2 is 2.00 bits per heavy atom. The molecule has 0 saturated heterocycles. The minimum atomic E-state index is 0.0298. The lowest BCUT2D eigenvalue weighted by molar-refractivity contribution is 0.441. The molecule has 0 amide bonds. The number of hydrogen-bond donors (Lipinski definition) is 1. The summed E-state index contributed by atoms with van der Waals surface area (Å²) in [6.45, 7) is 4.38. The third-order valence-corrected chi connectivity index (χ3v) is 4.49. The molecule has 0 unspecified atom stereocenters. The van der Waals surface area contributed by atoms with Gasteiger partial charge in [-0.2, -0.15) is 0 Å². The molecule has 1 aromatic rings. The van der Waals surface area contributed by atoms with Crippen LogP contribution in [-0.4, -0.2) is 12.0 Å². The van der Waals surface area contributed by atoms with Gasteiger partial charge in [-0.1, -0.05) is 0 Å². The predicted octanol–water partition coefficient (Wildman–Crippen LogP) is 2.48. The quantitative estimate of drug-likeness (QED) is 0.811. The lowest BCUT2D eigenvalue weighted by atomic mass is 10.0. The van der Waals surface area contributed by atoms with Gasteiger partial charge in [-0.3, -0.25) is 0 Å². The smallest absolute Gasteiger partial charge is 0.113 e. The van der Waals surface area contributed by atoms with E-state index in [4.69, 9.17) is 4.98 Å². The van der Waals surface area contributed by atoms with E-state index in [0.29, 0.717) is 0 Å². The topological polar surface area (TPSA) is 24.9 Å². The Morgan fingerprint density at radius 3 is 2.64 bits per heavy atom. The van der Waals surface area contributed by atoms with Gasteiger partial charge in [0.05, 0.1) is 11.2 Å². The minimum absolute atomic E-state index is 0.0298. The SMILES string of the molecule is CNC(C)(C)c1nc2c(s1)CCCC2. The molecule has 0 fully saturated rings. The Balaban J connectivity index is 2.32. The van der Waals surface area contributed by atoms with Gasteiger partial charge in [0.2, 0.25) is 0 Å². The second-order valence-corrected chi connectivity index (χ2v) is 5.55. The van der Waals surface area contributed by atoms with E-state index in [1.807, 2.05) is 18.4 Å². The van der Waals surface area contributed by atoms with Crippen molar-refractivity contribution in [3.8, 4) is 0 Å². The molecule has 1 N–H and O–H groups in total. The van der Waals surface area contributed by atoms with Crippen molar-refractivity contribution in [2.75, 3.05) is 7.05 Å². The van der Waals surface area contributed by atoms with E-state index < -0.39 is 0 Å². The average Bonchev–Trinajstić information content (AvgIpc) is 2.61. The molecule has 1 aliphatic carbocycles. The lowest BCUT2D eigenvalue weighted by Crippen LogP contribution is -2.32. The van der Waals surface area contributed by atoms with Crippen LogP contribution in [0.4, 0.5) is 0 Å². The molecule has 1 aromatic heterocycles. The molecule has 1 heterocycles. The van der Waals surface area contributed by atoms with Crippen LogP contribution >= 0.6 is 11.3 Å². The van der Waals surface area contributed by atoms with E-state index in [-0.39, 0.29) is 5.54 Å². The molecule has 0 aliphatic heterocycles. The highest BCUT2D eigenvalue weighted by atomic mass is 32.1. The third-order valence-electron chi connectivity index (χ3n) is 3.01. The molecule has 2 rings (SSSR count). The van der Waals surface area contributed by atoms with Crippen LogP contribution in [0.2, 0.25) is 0 Å². The largest absolute Gasteiger partial charge is 0.309 e. The summed E-state index contributed by atoms with van der Waals surface area (Å²) in [7, 11) is 2.00. The normalized spacial score (nSPS) is 16.8. The van der Waals surface area contributed by atoms with Gasteiger partial charge in [0.15, 0.2) is 0 Å². The molecular formula is C11H18N2S. The Kier molecular flexibility index (Phi) is 2.62. The number of fused-ring (bicyclic) bond motifs is 1. The van der Waals surface area contributed by atoms with Crippen LogP contribution in [0.3, 0.4) is 0 Å². The summed E-state index contributed by atoms with van der Waals surface area (Å²) in [5.41, 5.74) is 1.39. The summed E-state index contributed by atoms with van der Waals surface area (Å²) in [6, 6.07) is 0. The summed E-state index contributed by atoms with van der Waals surface area (Å²) in [4.78, 5) is 6.27. The van der Waals surface area contributed by atoms with Gasteiger partial charge < -0.3 is 5.32 Å². The molecule has 2 nitrogen and oxygen atoms in total. The zero-order valence-corrected chi connectivity index (χ0v) is 10.0. The first-order valence-corrected chi connectivity index (χ1v) is 6.13. The summed E-state index contributed by atoms with van der Waals surface area (Å²) in [5, 5.41) is 4.56. The van der Waals surface area contributed by atoms with Crippen LogP contribution in [0, 0.1) is 0 Å². The van der Waals surface area contributed by atoms with E-state index in [1.165, 1.54) is 41.3 Å². The highest BCUT2D eigenvalue weighted by Gasteiger charge is 2.25. The van der Waals surface area contributed by atoms with Crippen LogP contribution in [0.15, 0.2) is 0 Å². The van der Waals surface area contributed by atoms with E-state index in [9.17, 15) is 0 Å². The fraction of sp³-hybridized carbons (Fsp3) is 0.727. The van der Waals surface area contributed by atoms with Gasteiger partial charge in [-0.05, 0) is 46.6 Å². The van der Waals surface area contributed by atoms with Crippen LogP contribution in [0.1, 0.15) is 42.3 Å². The van der Waals surface area contributed by atoms with E-state index >= 15 is 0 Å². The Hall–Kier alpha value is -0.410. The summed E-state index contributed by atoms with van der Waals surface area (Å²) < 4.78 is 0. The maximum absolute atomic E-state index is 4.75. The summed E-state index contributed by atoms with van der Waals surface area (Å²) >= 11 is 1.89. The van der Waals surface area contributed by atoms with Crippen molar-refractivity contribution in [2.45, 2.75) is 45.1 Å². The van der Waals surface area contributed by atoms with Gasteiger partial charge in [0.1, 0.15) is 5.01 Å². The highest BCUT2D eigenvalue weighted by Crippen LogP contribution is 2.31. The Bertz CT molecular complexity index is 305. The second-order valence-electron chi connectivity index (χ2n) is 4.47. The molecule has 3 heteroatoms. The fourth-order valence-corrected chi connectivity index (χ4v) is 2.98. The van der Waals surface area contributed by atoms with Gasteiger partial charge in [0, 0.05) is 4.88 Å². The molecule has 1 aliphatic rings. The van der Waals surface area contributed by atoms with Crippen molar-refractivity contribution in [2.24, 2.45) is 0 Å². The number of rotatable bonds is 2. The monoisotopic (exact) mass is 210 g/mol. The van der Waals surface area contributed by atoms with Crippen molar-refractivity contribution in [3.05, 3.63) is 15.6 Å². The zero-order chi connectivity index (χ0) is 10.2. The zero-order valence-electron chi connectivity index (χ0n) is 9.18. The summed E-state index contributed by atoms with van der Waals surface area (Å²) in [6.07, 6.45) is 5.09. The molecule has 14 heavy (non-hydrogen) atoms. The first-order chi connectivity index (χ1) is 6.63. The Labute approximate surface area is 89.8 Å². The summed E-state index contributed by atoms with van der Waals surface area (Å²) in [5.74, 6) is 0. The van der Waals surface area contributed by atoms with Crippen molar-refractivity contribution < 1.29 is 0 Å². The number of aryl methyl sites for hydroxylation is 2. The number of nitrogens with zero attached hydrogens (tertiary/aromatic N) is 1. The second kappa shape index (κ2) is 3.63. The molecule has 0 bridgehead atoms. The Morgan fingerprint density at radius 1 is 1.29 bits per heavy atom. The van der Waals surface area contributed by atoms with Gasteiger partial charge in [-0.25, -0.2) is 4.98 Å². The fourth-order valence-electron chi connectivity index (χ4n) is 1.73. The van der Waals surface area contributed by atoms with Crippen molar-refractivity contribution in [1.82, 2.24) is 10.3 Å². The van der Waals surface area contributed by atoms with Crippen molar-refractivity contribution >= 4 is 11.3 Å². The number of thiazole rings is 1. The van der Waals surface area contributed by atoms with Crippen molar-refractivity contribution in [3.63, 3.8) is 0 Å². The third kappa shape index (κ3) is 1.71. The molecule has 0 aromatic carbocycles. The van der Waals surface area contributed by atoms with Crippen LogP contribution in [-0.2, 0) is 18.4 Å². The standard InChI is InChI=1S/C11H18N2S/c1-11(2,12-3)10-13-8-6-4-5-7-9(8)14-10/h12H,4-7H2,1-3H3. The van der Waals surface area contributed by atoms with Crippen molar-refractivity contribution in [1.29, 1.82) is 0 Å². The van der Waals surface area contributed by atoms with Crippen LogP contribution in [0.5, 0.6) is 0 Å². The highest BCUT2D eigenvalue weighted by molar-refractivity contribution is 7.11. The van der Waals surface area contributed by atoms with Crippen LogP contribution < -0.4 is 5.32 Å². The number of hydrogen-bond acceptors (Lipinski definition) is 3. The number of aromatic nitrogens is 1. The number of nitrogens with one attached hydrogen (secondary N) is 1. The maximum atomic E-state index is 4.75. The van der Waals surface area contributed by atoms with Crippen LogP contribution in [0.25, 0.3) is 0 Å².